The molecule has 182 valence electrons. The van der Waals surface area contributed by atoms with Crippen LogP contribution in [0.3, 0.4) is 0 Å². The molecular formula is C21H24FN5O6S. The summed E-state index contributed by atoms with van der Waals surface area (Å²) in [6.07, 6.45) is 1.97. The summed E-state index contributed by atoms with van der Waals surface area (Å²) in [7, 11) is 2.29. The Morgan fingerprint density at radius 3 is 2.12 bits per heavy atom. The van der Waals surface area contributed by atoms with E-state index in [1.807, 2.05) is 0 Å². The summed E-state index contributed by atoms with van der Waals surface area (Å²) in [6.45, 7) is 0. The highest BCUT2D eigenvalue weighted by molar-refractivity contribution is 7.92. The highest BCUT2D eigenvalue weighted by Crippen LogP contribution is 2.39. The molecule has 3 N–H and O–H groups in total. The van der Waals surface area contributed by atoms with E-state index in [2.05, 4.69) is 25.3 Å². The van der Waals surface area contributed by atoms with Crippen LogP contribution in [0, 0.1) is 5.82 Å². The number of benzene rings is 2. The van der Waals surface area contributed by atoms with E-state index >= 15 is 0 Å². The number of nitrogens with zero attached hydrogens (tertiary/aromatic N) is 2. The van der Waals surface area contributed by atoms with E-state index in [0.29, 0.717) is 28.7 Å². The zero-order valence-corrected chi connectivity index (χ0v) is 19.9. The molecule has 0 atom stereocenters. The number of hydrogen-bond acceptors (Lipinski definition) is 10. The topological polar surface area (TPSA) is 133 Å². The number of nitrogens with one attached hydrogen (secondary N) is 3. The highest BCUT2D eigenvalue weighted by Gasteiger charge is 2.16. The zero-order chi connectivity index (χ0) is 24.9. The molecule has 3 aromatic rings. The number of methoxy groups -OCH3 is 4. The number of sulfonamides is 1. The van der Waals surface area contributed by atoms with Crippen LogP contribution in [0.15, 0.2) is 36.5 Å². The number of anilines is 5. The lowest BCUT2D eigenvalue weighted by Gasteiger charge is -2.16. The molecule has 0 fully saturated rings. The van der Waals surface area contributed by atoms with Crippen molar-refractivity contribution in [2.45, 2.75) is 0 Å². The minimum absolute atomic E-state index is 0.0422. The number of hydrogen-bond donors (Lipinski definition) is 3. The third-order valence-corrected chi connectivity index (χ3v) is 5.06. The Bertz CT molecular complexity index is 1290. The SMILES string of the molecule is COc1ccc(Nc2nc(Nc3cc(OC)c(OC)cc3OC)ncc2F)c(NS(C)(=O)=O)c1. The average molecular weight is 494 g/mol. The summed E-state index contributed by atoms with van der Waals surface area (Å²) in [6, 6.07) is 7.80. The van der Waals surface area contributed by atoms with Crippen molar-refractivity contribution in [2.24, 2.45) is 0 Å². The first-order chi connectivity index (χ1) is 16.2. The Hall–Kier alpha value is -4.00. The van der Waals surface area contributed by atoms with E-state index in [4.69, 9.17) is 18.9 Å². The van der Waals surface area contributed by atoms with Gasteiger partial charge in [0.15, 0.2) is 23.1 Å². The summed E-state index contributed by atoms with van der Waals surface area (Å²) >= 11 is 0. The van der Waals surface area contributed by atoms with Crippen molar-refractivity contribution >= 4 is 38.9 Å². The van der Waals surface area contributed by atoms with Crippen LogP contribution in [-0.4, -0.2) is 53.1 Å². The molecule has 0 unspecified atom stereocenters. The van der Waals surface area contributed by atoms with Gasteiger partial charge in [-0.2, -0.15) is 4.98 Å². The van der Waals surface area contributed by atoms with Gasteiger partial charge in [0.1, 0.15) is 11.5 Å². The fourth-order valence-electron chi connectivity index (χ4n) is 2.93. The van der Waals surface area contributed by atoms with E-state index in [1.54, 1.807) is 18.2 Å². The fraction of sp³-hybridized carbons (Fsp3) is 0.238. The number of aromatic nitrogens is 2. The predicted octanol–water partition coefficient (Wildman–Crippen LogP) is 3.51. The molecule has 3 rings (SSSR count). The van der Waals surface area contributed by atoms with E-state index in [1.165, 1.54) is 40.6 Å². The number of ether oxygens (including phenoxy) is 4. The normalized spacial score (nSPS) is 10.9. The van der Waals surface area contributed by atoms with Gasteiger partial charge in [-0.1, -0.05) is 0 Å². The van der Waals surface area contributed by atoms with Crippen molar-refractivity contribution in [3.8, 4) is 23.0 Å². The molecule has 0 aliphatic heterocycles. The maximum Gasteiger partial charge on any atom is 0.229 e. The number of rotatable bonds is 10. The maximum absolute atomic E-state index is 14.5. The zero-order valence-electron chi connectivity index (χ0n) is 19.1. The Kier molecular flexibility index (Phi) is 7.46. The standard InChI is InChI=1S/C21H24FN5O6S/c1-30-12-6-7-14(15(8-12)27-34(5,28)29)24-20-13(22)11-23-21(26-20)25-16-9-18(32-3)19(33-4)10-17(16)31-2/h6-11,27H,1-5H3,(H2,23,24,25,26). The average Bonchev–Trinajstić information content (AvgIpc) is 2.80. The molecule has 1 aromatic heterocycles. The van der Waals surface area contributed by atoms with Gasteiger partial charge in [0.2, 0.25) is 16.0 Å². The van der Waals surface area contributed by atoms with Crippen LogP contribution in [0.4, 0.5) is 33.2 Å². The van der Waals surface area contributed by atoms with Crippen LogP contribution >= 0.6 is 0 Å². The van der Waals surface area contributed by atoms with Crippen LogP contribution in [0.1, 0.15) is 0 Å². The van der Waals surface area contributed by atoms with Gasteiger partial charge in [-0.3, -0.25) is 4.72 Å². The van der Waals surface area contributed by atoms with Crippen LogP contribution in [0.2, 0.25) is 0 Å². The first-order valence-corrected chi connectivity index (χ1v) is 11.6. The quantitative estimate of drug-likeness (QED) is 0.385. The lowest BCUT2D eigenvalue weighted by Crippen LogP contribution is -2.12. The third-order valence-electron chi connectivity index (χ3n) is 4.47. The second-order valence-electron chi connectivity index (χ2n) is 6.83. The highest BCUT2D eigenvalue weighted by atomic mass is 32.2. The van der Waals surface area contributed by atoms with E-state index < -0.39 is 15.8 Å². The largest absolute Gasteiger partial charge is 0.497 e. The Morgan fingerprint density at radius 1 is 0.824 bits per heavy atom. The molecule has 0 saturated heterocycles. The van der Waals surface area contributed by atoms with Crippen molar-refractivity contribution in [1.29, 1.82) is 0 Å². The molecule has 0 amide bonds. The predicted molar refractivity (Wildman–Crippen MR) is 126 cm³/mol. The van der Waals surface area contributed by atoms with E-state index in [-0.39, 0.29) is 23.1 Å². The molecule has 13 heteroatoms. The minimum Gasteiger partial charge on any atom is -0.497 e. The van der Waals surface area contributed by atoms with Crippen LogP contribution < -0.4 is 34.3 Å². The molecule has 0 aliphatic rings. The van der Waals surface area contributed by atoms with Gasteiger partial charge in [0, 0.05) is 18.2 Å². The van der Waals surface area contributed by atoms with E-state index in [9.17, 15) is 12.8 Å². The Balaban J connectivity index is 1.96. The first-order valence-electron chi connectivity index (χ1n) is 9.69. The van der Waals surface area contributed by atoms with Crippen molar-refractivity contribution in [3.63, 3.8) is 0 Å². The first kappa shape index (κ1) is 24.6. The summed E-state index contributed by atoms with van der Waals surface area (Å²) in [5, 5.41) is 5.74. The van der Waals surface area contributed by atoms with Crippen LogP contribution in [-0.2, 0) is 10.0 Å². The van der Waals surface area contributed by atoms with Crippen molar-refractivity contribution in [1.82, 2.24) is 9.97 Å². The molecule has 0 radical (unpaired) electrons. The molecular weight excluding hydrogens is 469 g/mol. The molecule has 0 saturated carbocycles. The van der Waals surface area contributed by atoms with E-state index in [0.717, 1.165) is 12.5 Å². The molecule has 0 spiro atoms. The van der Waals surface area contributed by atoms with Crippen molar-refractivity contribution in [2.75, 3.05) is 50.1 Å². The Morgan fingerprint density at radius 2 is 1.50 bits per heavy atom. The van der Waals surface area contributed by atoms with Gasteiger partial charge in [0.05, 0.1) is 58.0 Å². The molecule has 1 heterocycles. The van der Waals surface area contributed by atoms with Crippen molar-refractivity contribution < 1.29 is 31.8 Å². The lowest BCUT2D eigenvalue weighted by molar-refractivity contribution is 0.349. The smallest absolute Gasteiger partial charge is 0.229 e. The third kappa shape index (κ3) is 5.86. The summed E-state index contributed by atoms with van der Waals surface area (Å²) in [4.78, 5) is 8.13. The number of halogens is 1. The second kappa shape index (κ2) is 10.3. The molecule has 34 heavy (non-hydrogen) atoms. The monoisotopic (exact) mass is 493 g/mol. The van der Waals surface area contributed by atoms with Crippen LogP contribution in [0.25, 0.3) is 0 Å². The van der Waals surface area contributed by atoms with Crippen molar-refractivity contribution in [3.05, 3.63) is 42.3 Å². The summed E-state index contributed by atoms with van der Waals surface area (Å²) in [5.74, 6) is 0.793. The van der Waals surface area contributed by atoms with Gasteiger partial charge in [0.25, 0.3) is 0 Å². The second-order valence-corrected chi connectivity index (χ2v) is 8.58. The molecule has 0 aliphatic carbocycles. The van der Waals surface area contributed by atoms with Crippen LogP contribution in [0.5, 0.6) is 23.0 Å². The lowest BCUT2D eigenvalue weighted by atomic mass is 10.2. The van der Waals surface area contributed by atoms with Gasteiger partial charge >= 0.3 is 0 Å². The molecule has 2 aromatic carbocycles. The fourth-order valence-corrected chi connectivity index (χ4v) is 3.50. The van der Waals surface area contributed by atoms with Gasteiger partial charge in [-0.15, -0.1) is 0 Å². The summed E-state index contributed by atoms with van der Waals surface area (Å²) < 4.78 is 61.5. The molecule has 11 nitrogen and oxygen atoms in total. The van der Waals surface area contributed by atoms with Gasteiger partial charge in [-0.25, -0.2) is 17.8 Å². The minimum atomic E-state index is -3.62. The summed E-state index contributed by atoms with van der Waals surface area (Å²) in [5.41, 5.74) is 0.844. The Labute approximate surface area is 196 Å². The molecule has 0 bridgehead atoms. The van der Waals surface area contributed by atoms with Gasteiger partial charge in [-0.05, 0) is 12.1 Å². The van der Waals surface area contributed by atoms with Gasteiger partial charge < -0.3 is 29.6 Å². The maximum atomic E-state index is 14.5.